The van der Waals surface area contributed by atoms with Gasteiger partial charge in [0.15, 0.2) is 11.6 Å². The van der Waals surface area contributed by atoms with Crippen molar-refractivity contribution >= 4 is 17.5 Å². The Hall–Kier alpha value is -2.26. The smallest absolute Gasteiger partial charge is 0.303 e. The molecule has 4 aliphatic carbocycles. The molecule has 0 spiro atoms. The predicted octanol–water partition coefficient (Wildman–Crippen LogP) is 2.76. The highest BCUT2D eigenvalue weighted by atomic mass is 16.5. The fraction of sp³-hybridized carbons (Fsp3) is 0.667. The van der Waals surface area contributed by atoms with Gasteiger partial charge in [0.25, 0.3) is 0 Å². The first kappa shape index (κ1) is 21.0. The van der Waals surface area contributed by atoms with Gasteiger partial charge in [0.2, 0.25) is 0 Å². The maximum atomic E-state index is 13.0. The second kappa shape index (κ2) is 7.16. The number of ether oxygens (including phenoxy) is 1. The third-order valence-electron chi connectivity index (χ3n) is 8.48. The first-order chi connectivity index (χ1) is 14.1. The van der Waals surface area contributed by atoms with Crippen LogP contribution in [0.5, 0.6) is 0 Å². The Labute approximate surface area is 177 Å². The molecule has 6 heteroatoms. The van der Waals surface area contributed by atoms with Gasteiger partial charge in [0, 0.05) is 24.2 Å². The first-order valence-corrected chi connectivity index (χ1v) is 10.8. The molecule has 3 fully saturated rings. The maximum Gasteiger partial charge on any atom is 0.303 e. The highest BCUT2D eigenvalue weighted by Gasteiger charge is 2.65. The van der Waals surface area contributed by atoms with E-state index >= 15 is 0 Å². The fourth-order valence-corrected chi connectivity index (χ4v) is 7.36. The molecule has 3 saturated carbocycles. The molecular weight excluding hydrogens is 382 g/mol. The van der Waals surface area contributed by atoms with Gasteiger partial charge < -0.3 is 9.84 Å². The average molecular weight is 411 g/mol. The third-order valence-corrected chi connectivity index (χ3v) is 8.48. The van der Waals surface area contributed by atoms with E-state index in [-0.39, 0.29) is 41.3 Å². The number of carbonyl (C=O) groups excluding carboxylic acids is 3. The highest BCUT2D eigenvalue weighted by Crippen LogP contribution is 2.67. The van der Waals surface area contributed by atoms with E-state index in [9.17, 15) is 24.8 Å². The number of nitriles is 1. The van der Waals surface area contributed by atoms with Crippen LogP contribution in [0.1, 0.15) is 46.5 Å². The summed E-state index contributed by atoms with van der Waals surface area (Å²) in [5.41, 5.74) is 0.194. The fourth-order valence-electron chi connectivity index (χ4n) is 7.36. The first-order valence-electron chi connectivity index (χ1n) is 10.8. The van der Waals surface area contributed by atoms with Crippen LogP contribution in [0.2, 0.25) is 0 Å². The summed E-state index contributed by atoms with van der Waals surface area (Å²) < 4.78 is 4.95. The van der Waals surface area contributed by atoms with E-state index in [0.717, 1.165) is 18.4 Å². The quantitative estimate of drug-likeness (QED) is 0.716. The van der Waals surface area contributed by atoms with E-state index in [0.29, 0.717) is 12.8 Å². The van der Waals surface area contributed by atoms with Crippen LogP contribution in [0.4, 0.5) is 0 Å². The number of hydrogen-bond acceptors (Lipinski definition) is 6. The normalized spacial score (nSPS) is 44.2. The second-order valence-corrected chi connectivity index (χ2v) is 10.00. The number of rotatable bonds is 3. The largest absolute Gasteiger partial charge is 0.458 e. The molecule has 0 saturated heterocycles. The molecular formula is C24H29NO5. The number of ketones is 2. The Kier molecular flexibility index (Phi) is 5.01. The number of aliphatic hydroxyl groups is 1. The zero-order chi connectivity index (χ0) is 21.8. The summed E-state index contributed by atoms with van der Waals surface area (Å²) in [6.07, 6.45) is 7.31. The van der Waals surface area contributed by atoms with E-state index in [4.69, 9.17) is 4.74 Å². The van der Waals surface area contributed by atoms with Crippen LogP contribution in [0.3, 0.4) is 0 Å². The molecule has 160 valence electrons. The molecule has 0 unspecified atom stereocenters. The molecule has 0 radical (unpaired) electrons. The van der Waals surface area contributed by atoms with Gasteiger partial charge in [-0.25, -0.2) is 0 Å². The Bertz CT molecular complexity index is 898. The van der Waals surface area contributed by atoms with Crippen molar-refractivity contribution in [2.75, 3.05) is 6.61 Å². The van der Waals surface area contributed by atoms with Crippen molar-refractivity contribution in [1.29, 1.82) is 5.26 Å². The number of Topliss-reactive ketones (excluding diaryl/α,β-unsaturated/α-hetero) is 1. The monoisotopic (exact) mass is 411 g/mol. The minimum absolute atomic E-state index is 0.00222. The van der Waals surface area contributed by atoms with Crippen LogP contribution in [-0.2, 0) is 19.1 Å². The lowest BCUT2D eigenvalue weighted by molar-refractivity contribution is -0.152. The maximum absolute atomic E-state index is 13.0. The lowest BCUT2D eigenvalue weighted by atomic mass is 9.46. The van der Waals surface area contributed by atoms with Crippen LogP contribution in [-0.4, -0.2) is 35.4 Å². The molecule has 0 aliphatic heterocycles. The lowest BCUT2D eigenvalue weighted by Crippen LogP contribution is -2.56. The summed E-state index contributed by atoms with van der Waals surface area (Å²) in [4.78, 5) is 36.1. The van der Waals surface area contributed by atoms with Crippen molar-refractivity contribution in [2.45, 2.75) is 52.6 Å². The number of allylic oxidation sites excluding steroid dienone is 4. The van der Waals surface area contributed by atoms with E-state index in [2.05, 4.69) is 13.0 Å². The molecule has 6 nitrogen and oxygen atoms in total. The molecule has 4 aliphatic rings. The summed E-state index contributed by atoms with van der Waals surface area (Å²) in [6.45, 7) is 5.07. The zero-order valence-corrected chi connectivity index (χ0v) is 17.8. The van der Waals surface area contributed by atoms with Gasteiger partial charge in [0.05, 0.1) is 18.1 Å². The van der Waals surface area contributed by atoms with Crippen LogP contribution in [0.15, 0.2) is 23.8 Å². The molecule has 0 bridgehead atoms. The predicted molar refractivity (Wildman–Crippen MR) is 108 cm³/mol. The van der Waals surface area contributed by atoms with E-state index in [1.165, 1.54) is 6.92 Å². The summed E-state index contributed by atoms with van der Waals surface area (Å²) in [7, 11) is 0. The van der Waals surface area contributed by atoms with Crippen molar-refractivity contribution in [1.82, 2.24) is 0 Å². The molecule has 0 aromatic rings. The van der Waals surface area contributed by atoms with Gasteiger partial charge in [-0.1, -0.05) is 25.5 Å². The van der Waals surface area contributed by atoms with Crippen LogP contribution in [0, 0.1) is 51.8 Å². The van der Waals surface area contributed by atoms with Gasteiger partial charge in [0.1, 0.15) is 6.61 Å². The van der Waals surface area contributed by atoms with Gasteiger partial charge >= 0.3 is 5.97 Å². The lowest BCUT2D eigenvalue weighted by Gasteiger charge is -2.58. The molecule has 0 aromatic heterocycles. The van der Waals surface area contributed by atoms with Crippen molar-refractivity contribution < 1.29 is 24.2 Å². The summed E-state index contributed by atoms with van der Waals surface area (Å²) >= 11 is 0. The Morgan fingerprint density at radius 2 is 2.10 bits per heavy atom. The molecule has 0 aromatic carbocycles. The zero-order valence-electron chi connectivity index (χ0n) is 17.8. The number of fused-ring (bicyclic) bond motifs is 5. The average Bonchev–Trinajstić information content (AvgIpc) is 2.98. The minimum atomic E-state index is -0.635. The summed E-state index contributed by atoms with van der Waals surface area (Å²) in [5, 5.41) is 21.2. The van der Waals surface area contributed by atoms with Gasteiger partial charge in [-0.05, 0) is 55.1 Å². The summed E-state index contributed by atoms with van der Waals surface area (Å²) in [6, 6.07) is 2.33. The molecule has 4 rings (SSSR count). The third kappa shape index (κ3) is 2.98. The Morgan fingerprint density at radius 3 is 2.77 bits per heavy atom. The SMILES string of the molecule is CC(=O)OCC(=O)[C@H]1[C@H](C#N)C[C@H]2[C@@H]3CCC4=CC(=O)C=C[C@]4(C)[C@H]3[C@@H](O)C[C@@]21C. The van der Waals surface area contributed by atoms with Crippen molar-refractivity contribution in [2.24, 2.45) is 40.4 Å². The van der Waals surface area contributed by atoms with E-state index in [1.54, 1.807) is 12.2 Å². The molecule has 8 atom stereocenters. The van der Waals surface area contributed by atoms with Gasteiger partial charge in [-0.3, -0.25) is 14.4 Å². The Balaban J connectivity index is 1.69. The van der Waals surface area contributed by atoms with Crippen LogP contribution < -0.4 is 0 Å². The molecule has 0 heterocycles. The minimum Gasteiger partial charge on any atom is -0.458 e. The van der Waals surface area contributed by atoms with Crippen LogP contribution >= 0.6 is 0 Å². The van der Waals surface area contributed by atoms with Crippen molar-refractivity contribution in [3.8, 4) is 6.07 Å². The van der Waals surface area contributed by atoms with Crippen molar-refractivity contribution in [3.05, 3.63) is 23.8 Å². The standard InChI is InChI=1S/C24H29NO5/c1-13(26)30-12-20(29)21-14(11-25)8-18-17-5-4-15-9-16(27)6-7-23(15,2)22(17)19(28)10-24(18,21)3/h6-7,9,14,17-19,21-22,28H,4-5,8,10,12H2,1-3H3/t14-,17-,18-,19-,21+,22+,23-,24-/m0/s1. The topological polar surface area (TPSA) is 104 Å². The number of esters is 1. The van der Waals surface area contributed by atoms with Gasteiger partial charge in [-0.2, -0.15) is 5.26 Å². The van der Waals surface area contributed by atoms with Crippen molar-refractivity contribution in [3.63, 3.8) is 0 Å². The summed E-state index contributed by atoms with van der Waals surface area (Å²) in [5.74, 6) is -1.47. The van der Waals surface area contributed by atoms with Crippen LogP contribution in [0.25, 0.3) is 0 Å². The highest BCUT2D eigenvalue weighted by molar-refractivity contribution is 6.01. The molecule has 0 amide bonds. The van der Waals surface area contributed by atoms with E-state index in [1.807, 2.05) is 13.0 Å². The molecule has 30 heavy (non-hydrogen) atoms. The van der Waals surface area contributed by atoms with E-state index < -0.39 is 29.3 Å². The number of carbonyl (C=O) groups is 3. The molecule has 1 N–H and O–H groups in total. The second-order valence-electron chi connectivity index (χ2n) is 10.00. The van der Waals surface area contributed by atoms with Gasteiger partial charge in [-0.15, -0.1) is 0 Å². The number of aliphatic hydroxyl groups excluding tert-OH is 1. The number of hydrogen-bond donors (Lipinski definition) is 1. The number of nitrogens with zero attached hydrogens (tertiary/aromatic N) is 1. The Morgan fingerprint density at radius 1 is 1.37 bits per heavy atom.